The van der Waals surface area contributed by atoms with Crippen molar-refractivity contribution in [2.24, 2.45) is 0 Å². The van der Waals surface area contributed by atoms with Crippen molar-refractivity contribution in [1.29, 1.82) is 0 Å². The molecule has 0 aliphatic heterocycles. The molecule has 0 amide bonds. The highest BCUT2D eigenvalue weighted by molar-refractivity contribution is 5.96. The van der Waals surface area contributed by atoms with Crippen LogP contribution in [0.2, 0.25) is 0 Å². The minimum absolute atomic E-state index is 0.298. The van der Waals surface area contributed by atoms with Crippen LogP contribution in [0.4, 0.5) is 0 Å². The lowest BCUT2D eigenvalue weighted by Gasteiger charge is -2.03. The second-order valence-corrected chi connectivity index (χ2v) is 3.25. The summed E-state index contributed by atoms with van der Waals surface area (Å²) < 4.78 is 0. The van der Waals surface area contributed by atoms with Crippen molar-refractivity contribution >= 4 is 18.1 Å². The van der Waals surface area contributed by atoms with Gasteiger partial charge in [0.2, 0.25) is 0 Å². The van der Waals surface area contributed by atoms with E-state index in [4.69, 9.17) is 5.11 Å². The van der Waals surface area contributed by atoms with E-state index in [1.807, 2.05) is 36.4 Å². The van der Waals surface area contributed by atoms with Crippen molar-refractivity contribution in [3.8, 4) is 0 Å². The van der Waals surface area contributed by atoms with Crippen LogP contribution in [0.15, 0.2) is 48.1 Å². The van der Waals surface area contributed by atoms with E-state index in [1.54, 1.807) is 18.2 Å². The summed E-state index contributed by atoms with van der Waals surface area (Å²) in [7, 11) is 0. The molecule has 2 heteroatoms. The van der Waals surface area contributed by atoms with Gasteiger partial charge in [0.25, 0.3) is 0 Å². The Balaban J connectivity index is 2.56. The number of carboxylic acid groups (broad SMARTS) is 1. The zero-order chi connectivity index (χ0) is 10.7. The zero-order valence-corrected chi connectivity index (χ0v) is 8.05. The maximum atomic E-state index is 10.9. The highest BCUT2D eigenvalue weighted by atomic mass is 16.4. The van der Waals surface area contributed by atoms with E-state index in [-0.39, 0.29) is 0 Å². The molecule has 1 N–H and O–H groups in total. The predicted octanol–water partition coefficient (Wildman–Crippen LogP) is 2.74. The van der Waals surface area contributed by atoms with Crippen LogP contribution in [0.5, 0.6) is 0 Å². The summed E-state index contributed by atoms with van der Waals surface area (Å²) in [5.74, 6) is -0.906. The minimum Gasteiger partial charge on any atom is -0.478 e. The van der Waals surface area contributed by atoms with Crippen LogP contribution < -0.4 is 0 Å². The largest absolute Gasteiger partial charge is 0.478 e. The molecule has 0 unspecified atom stereocenters. The summed E-state index contributed by atoms with van der Waals surface area (Å²) in [4.78, 5) is 10.9. The number of carboxylic acids is 1. The monoisotopic (exact) mass is 198 g/mol. The quantitative estimate of drug-likeness (QED) is 0.753. The first kappa shape index (κ1) is 9.46. The fraction of sp³-hybridized carbons (Fsp3) is 0. The fourth-order valence-corrected chi connectivity index (χ4v) is 1.46. The number of allylic oxidation sites excluding steroid dienone is 2. The molecule has 1 aliphatic carbocycles. The lowest BCUT2D eigenvalue weighted by Crippen LogP contribution is -1.98. The van der Waals surface area contributed by atoms with E-state index in [2.05, 4.69) is 0 Å². The third kappa shape index (κ3) is 2.05. The van der Waals surface area contributed by atoms with Crippen molar-refractivity contribution in [2.45, 2.75) is 0 Å². The van der Waals surface area contributed by atoms with E-state index in [1.165, 1.54) is 0 Å². The Hall–Kier alpha value is -2.09. The highest BCUT2D eigenvalue weighted by Crippen LogP contribution is 2.17. The first-order valence-electron chi connectivity index (χ1n) is 4.66. The standard InChI is InChI=1S/C13H10O2/c14-13(15)12-8-4-2-6-10-5-1-3-7-11(10)9-12/h1-9H,(H,14,15). The highest BCUT2D eigenvalue weighted by Gasteiger charge is 2.05. The van der Waals surface area contributed by atoms with Crippen LogP contribution in [0.1, 0.15) is 11.1 Å². The molecule has 1 aromatic carbocycles. The summed E-state index contributed by atoms with van der Waals surface area (Å²) in [6, 6.07) is 7.69. The second-order valence-electron chi connectivity index (χ2n) is 3.25. The Morgan fingerprint density at radius 2 is 1.67 bits per heavy atom. The van der Waals surface area contributed by atoms with Crippen LogP contribution in [0.25, 0.3) is 12.2 Å². The molecule has 74 valence electrons. The number of hydrogen-bond donors (Lipinski definition) is 1. The van der Waals surface area contributed by atoms with E-state index >= 15 is 0 Å². The maximum Gasteiger partial charge on any atom is 0.335 e. The molecule has 0 aromatic heterocycles. The number of aliphatic carboxylic acids is 1. The summed E-state index contributed by atoms with van der Waals surface area (Å²) in [6.45, 7) is 0. The van der Waals surface area contributed by atoms with Gasteiger partial charge in [-0.05, 0) is 23.3 Å². The van der Waals surface area contributed by atoms with E-state index in [0.717, 1.165) is 11.1 Å². The molecule has 0 heterocycles. The molecule has 1 aromatic rings. The lowest BCUT2D eigenvalue weighted by molar-refractivity contribution is -0.132. The van der Waals surface area contributed by atoms with Gasteiger partial charge in [0, 0.05) is 0 Å². The lowest BCUT2D eigenvalue weighted by atomic mass is 10.0. The van der Waals surface area contributed by atoms with Gasteiger partial charge in [-0.1, -0.05) is 42.5 Å². The van der Waals surface area contributed by atoms with Gasteiger partial charge in [0.05, 0.1) is 5.57 Å². The van der Waals surface area contributed by atoms with Crippen LogP contribution in [0.3, 0.4) is 0 Å². The molecule has 0 spiro atoms. The molecular formula is C13H10O2. The molecule has 1 aliphatic rings. The molecule has 2 rings (SSSR count). The Morgan fingerprint density at radius 1 is 1.00 bits per heavy atom. The van der Waals surface area contributed by atoms with E-state index < -0.39 is 5.97 Å². The second kappa shape index (κ2) is 3.96. The Labute approximate surface area is 87.9 Å². The first-order chi connectivity index (χ1) is 7.27. The van der Waals surface area contributed by atoms with Crippen molar-refractivity contribution < 1.29 is 9.90 Å². The van der Waals surface area contributed by atoms with Gasteiger partial charge in [-0.2, -0.15) is 0 Å². The summed E-state index contributed by atoms with van der Waals surface area (Å²) in [5, 5.41) is 8.94. The average Bonchev–Trinajstić information content (AvgIpc) is 2.18. The van der Waals surface area contributed by atoms with Crippen LogP contribution >= 0.6 is 0 Å². The Kier molecular flexibility index (Phi) is 2.50. The van der Waals surface area contributed by atoms with Crippen molar-refractivity contribution in [2.75, 3.05) is 0 Å². The van der Waals surface area contributed by atoms with Gasteiger partial charge in [0.15, 0.2) is 0 Å². The number of rotatable bonds is 1. The predicted molar refractivity (Wildman–Crippen MR) is 60.2 cm³/mol. The molecule has 15 heavy (non-hydrogen) atoms. The fourth-order valence-electron chi connectivity index (χ4n) is 1.46. The van der Waals surface area contributed by atoms with E-state index in [0.29, 0.717) is 5.57 Å². The SMILES string of the molecule is O=C(O)C1=Cc2ccccc2C=CC=C1. The maximum absolute atomic E-state index is 10.9. The summed E-state index contributed by atoms with van der Waals surface area (Å²) >= 11 is 0. The van der Waals surface area contributed by atoms with Gasteiger partial charge < -0.3 is 5.11 Å². The van der Waals surface area contributed by atoms with Gasteiger partial charge in [-0.15, -0.1) is 0 Å². The average molecular weight is 198 g/mol. The third-order valence-corrected chi connectivity index (χ3v) is 2.22. The normalized spacial score (nSPS) is 13.7. The Bertz CT molecular complexity index is 479. The van der Waals surface area contributed by atoms with Gasteiger partial charge in [-0.25, -0.2) is 4.79 Å². The number of fused-ring (bicyclic) bond motifs is 1. The molecule has 0 saturated heterocycles. The number of carbonyl (C=O) groups is 1. The Morgan fingerprint density at radius 3 is 2.40 bits per heavy atom. The van der Waals surface area contributed by atoms with Crippen molar-refractivity contribution in [3.05, 3.63) is 59.2 Å². The summed E-state index contributed by atoms with van der Waals surface area (Å²) in [6.07, 6.45) is 8.80. The molecule has 0 bridgehead atoms. The molecule has 2 nitrogen and oxygen atoms in total. The number of hydrogen-bond acceptors (Lipinski definition) is 1. The number of benzene rings is 1. The molecule has 0 saturated carbocycles. The topological polar surface area (TPSA) is 37.3 Å². The van der Waals surface area contributed by atoms with Crippen LogP contribution in [-0.2, 0) is 4.79 Å². The minimum atomic E-state index is -0.906. The molecular weight excluding hydrogens is 188 g/mol. The molecule has 0 fully saturated rings. The van der Waals surface area contributed by atoms with E-state index in [9.17, 15) is 4.79 Å². The first-order valence-corrected chi connectivity index (χ1v) is 4.66. The van der Waals surface area contributed by atoms with Crippen molar-refractivity contribution in [3.63, 3.8) is 0 Å². The zero-order valence-electron chi connectivity index (χ0n) is 8.05. The smallest absolute Gasteiger partial charge is 0.335 e. The molecule has 0 atom stereocenters. The van der Waals surface area contributed by atoms with Gasteiger partial charge in [-0.3, -0.25) is 0 Å². The van der Waals surface area contributed by atoms with Crippen molar-refractivity contribution in [1.82, 2.24) is 0 Å². The molecule has 0 radical (unpaired) electrons. The third-order valence-electron chi connectivity index (χ3n) is 2.22. The van der Waals surface area contributed by atoms with Crippen LogP contribution in [0, 0.1) is 0 Å². The summed E-state index contributed by atoms with van der Waals surface area (Å²) in [5.41, 5.74) is 2.25. The van der Waals surface area contributed by atoms with Crippen LogP contribution in [-0.4, -0.2) is 11.1 Å². The van der Waals surface area contributed by atoms with Gasteiger partial charge in [0.1, 0.15) is 0 Å². The van der Waals surface area contributed by atoms with Gasteiger partial charge >= 0.3 is 5.97 Å².